The number of benzene rings is 1. The van der Waals surface area contributed by atoms with Gasteiger partial charge in [0.1, 0.15) is 0 Å². The first-order chi connectivity index (χ1) is 9.06. The Morgan fingerprint density at radius 1 is 1.37 bits per heavy atom. The summed E-state index contributed by atoms with van der Waals surface area (Å²) in [6.07, 6.45) is 7.61. The highest BCUT2D eigenvalue weighted by Crippen LogP contribution is 2.21. The number of anilines is 1. The number of carboxylic acid groups (broad SMARTS) is 1. The lowest BCUT2D eigenvalue weighted by atomic mass is 10.1. The standard InChI is InChI=1S/C15H17NO3/c1-3-4-5-6-10-13(17)16-14-11(2)8-7-9-12(14)15(18)19/h1,7-9H,4-6,10H2,2H3,(H,16,17)(H,18,19). The number of para-hydroxylation sites is 1. The SMILES string of the molecule is C#CCCCCC(=O)Nc1c(C)cccc1C(=O)O. The average Bonchev–Trinajstić information content (AvgIpc) is 2.37. The van der Waals surface area contributed by atoms with E-state index in [1.54, 1.807) is 19.1 Å². The van der Waals surface area contributed by atoms with Crippen molar-refractivity contribution in [3.63, 3.8) is 0 Å². The van der Waals surface area contributed by atoms with E-state index in [4.69, 9.17) is 11.5 Å². The van der Waals surface area contributed by atoms with E-state index in [0.717, 1.165) is 12.0 Å². The van der Waals surface area contributed by atoms with Gasteiger partial charge in [0.25, 0.3) is 0 Å². The summed E-state index contributed by atoms with van der Waals surface area (Å²) in [5.74, 6) is 1.28. The predicted octanol–water partition coefficient (Wildman–Crippen LogP) is 2.83. The molecule has 0 spiro atoms. The Kier molecular flexibility index (Phi) is 5.62. The molecule has 4 nitrogen and oxygen atoms in total. The molecular formula is C15H17NO3. The van der Waals surface area contributed by atoms with Crippen LogP contribution in [0.2, 0.25) is 0 Å². The van der Waals surface area contributed by atoms with Crippen LogP contribution < -0.4 is 5.32 Å². The molecule has 1 aromatic carbocycles. The van der Waals surface area contributed by atoms with E-state index in [0.29, 0.717) is 24.9 Å². The monoisotopic (exact) mass is 259 g/mol. The zero-order chi connectivity index (χ0) is 14.3. The second kappa shape index (κ2) is 7.22. The summed E-state index contributed by atoms with van der Waals surface area (Å²) >= 11 is 0. The highest BCUT2D eigenvalue weighted by Gasteiger charge is 2.13. The number of aromatic carboxylic acids is 1. The number of hydrogen-bond acceptors (Lipinski definition) is 2. The van der Waals surface area contributed by atoms with Gasteiger partial charge in [0.05, 0.1) is 11.3 Å². The predicted molar refractivity (Wildman–Crippen MR) is 74.1 cm³/mol. The number of hydrogen-bond donors (Lipinski definition) is 2. The fourth-order valence-corrected chi connectivity index (χ4v) is 1.73. The summed E-state index contributed by atoms with van der Waals surface area (Å²) in [5.41, 5.74) is 1.21. The van der Waals surface area contributed by atoms with Crippen LogP contribution in [0.4, 0.5) is 5.69 Å². The Morgan fingerprint density at radius 3 is 2.74 bits per heavy atom. The van der Waals surface area contributed by atoms with Crippen molar-refractivity contribution in [1.29, 1.82) is 0 Å². The van der Waals surface area contributed by atoms with Gasteiger partial charge in [-0.15, -0.1) is 12.3 Å². The third-order valence-electron chi connectivity index (χ3n) is 2.74. The maximum absolute atomic E-state index is 11.7. The molecule has 0 saturated heterocycles. The lowest BCUT2D eigenvalue weighted by molar-refractivity contribution is -0.116. The molecule has 0 saturated carbocycles. The molecule has 100 valence electrons. The minimum Gasteiger partial charge on any atom is -0.478 e. The first kappa shape index (κ1) is 14.8. The van der Waals surface area contributed by atoms with Crippen LogP contribution in [0, 0.1) is 19.3 Å². The topological polar surface area (TPSA) is 66.4 Å². The van der Waals surface area contributed by atoms with Gasteiger partial charge in [0.2, 0.25) is 5.91 Å². The number of carbonyl (C=O) groups excluding carboxylic acids is 1. The van der Waals surface area contributed by atoms with Gasteiger partial charge in [-0.05, 0) is 31.4 Å². The Hall–Kier alpha value is -2.28. The Labute approximate surface area is 112 Å². The van der Waals surface area contributed by atoms with Gasteiger partial charge in [-0.1, -0.05) is 12.1 Å². The largest absolute Gasteiger partial charge is 0.478 e. The van der Waals surface area contributed by atoms with Gasteiger partial charge in [-0.3, -0.25) is 4.79 Å². The fraction of sp³-hybridized carbons (Fsp3) is 0.333. The van der Waals surface area contributed by atoms with Crippen molar-refractivity contribution >= 4 is 17.6 Å². The normalized spacial score (nSPS) is 9.68. The number of carboxylic acids is 1. The van der Waals surface area contributed by atoms with E-state index < -0.39 is 5.97 Å². The van der Waals surface area contributed by atoms with Gasteiger partial charge >= 0.3 is 5.97 Å². The molecule has 1 rings (SSSR count). The summed E-state index contributed by atoms with van der Waals surface area (Å²) in [5, 5.41) is 11.7. The average molecular weight is 259 g/mol. The second-order valence-electron chi connectivity index (χ2n) is 4.26. The number of nitrogens with one attached hydrogen (secondary N) is 1. The summed E-state index contributed by atoms with van der Waals surface area (Å²) in [6, 6.07) is 4.89. The first-order valence-corrected chi connectivity index (χ1v) is 6.12. The molecule has 19 heavy (non-hydrogen) atoms. The number of unbranched alkanes of at least 4 members (excludes halogenated alkanes) is 2. The number of carbonyl (C=O) groups is 2. The van der Waals surface area contributed by atoms with Crippen LogP contribution in [-0.4, -0.2) is 17.0 Å². The van der Waals surface area contributed by atoms with Crippen LogP contribution in [-0.2, 0) is 4.79 Å². The second-order valence-corrected chi connectivity index (χ2v) is 4.26. The smallest absolute Gasteiger partial charge is 0.337 e. The Balaban J connectivity index is 2.69. The van der Waals surface area contributed by atoms with Crippen LogP contribution in [0.5, 0.6) is 0 Å². The number of rotatable bonds is 6. The number of amides is 1. The molecule has 0 heterocycles. The molecule has 0 aliphatic rings. The van der Waals surface area contributed by atoms with E-state index >= 15 is 0 Å². The quantitative estimate of drug-likeness (QED) is 0.609. The molecule has 1 amide bonds. The third-order valence-corrected chi connectivity index (χ3v) is 2.74. The van der Waals surface area contributed by atoms with E-state index in [1.165, 1.54) is 6.07 Å². The van der Waals surface area contributed by atoms with Crippen molar-refractivity contribution in [3.8, 4) is 12.3 Å². The molecule has 0 aliphatic carbocycles. The highest BCUT2D eigenvalue weighted by atomic mass is 16.4. The molecule has 0 radical (unpaired) electrons. The van der Waals surface area contributed by atoms with Gasteiger partial charge in [0.15, 0.2) is 0 Å². The van der Waals surface area contributed by atoms with Gasteiger partial charge < -0.3 is 10.4 Å². The van der Waals surface area contributed by atoms with Gasteiger partial charge in [-0.2, -0.15) is 0 Å². The van der Waals surface area contributed by atoms with Crippen molar-refractivity contribution < 1.29 is 14.7 Å². The van der Waals surface area contributed by atoms with E-state index in [-0.39, 0.29) is 11.5 Å². The molecule has 0 atom stereocenters. The molecule has 0 aromatic heterocycles. The van der Waals surface area contributed by atoms with Crippen molar-refractivity contribution in [1.82, 2.24) is 0 Å². The lowest BCUT2D eigenvalue weighted by Gasteiger charge is -2.11. The maximum Gasteiger partial charge on any atom is 0.337 e. The molecule has 0 bridgehead atoms. The number of terminal acetylenes is 1. The maximum atomic E-state index is 11.7. The molecular weight excluding hydrogens is 242 g/mol. The van der Waals surface area contributed by atoms with Crippen molar-refractivity contribution in [3.05, 3.63) is 29.3 Å². The molecule has 2 N–H and O–H groups in total. The Bertz CT molecular complexity index is 515. The molecule has 0 unspecified atom stereocenters. The van der Waals surface area contributed by atoms with Crippen LogP contribution in [0.15, 0.2) is 18.2 Å². The minimum atomic E-state index is -1.05. The Morgan fingerprint density at radius 2 is 2.11 bits per heavy atom. The fourth-order valence-electron chi connectivity index (χ4n) is 1.73. The number of aryl methyl sites for hydroxylation is 1. The summed E-state index contributed by atoms with van der Waals surface area (Å²) in [7, 11) is 0. The minimum absolute atomic E-state index is 0.108. The van der Waals surface area contributed by atoms with Crippen molar-refractivity contribution in [2.24, 2.45) is 0 Å². The van der Waals surface area contributed by atoms with E-state index in [9.17, 15) is 9.59 Å². The van der Waals surface area contributed by atoms with E-state index in [2.05, 4.69) is 11.2 Å². The summed E-state index contributed by atoms with van der Waals surface area (Å²) in [4.78, 5) is 22.8. The van der Waals surface area contributed by atoms with Gasteiger partial charge in [0, 0.05) is 12.8 Å². The molecule has 1 aromatic rings. The zero-order valence-corrected chi connectivity index (χ0v) is 10.9. The highest BCUT2D eigenvalue weighted by molar-refractivity contribution is 6.01. The van der Waals surface area contributed by atoms with Crippen LogP contribution in [0.3, 0.4) is 0 Å². The zero-order valence-electron chi connectivity index (χ0n) is 10.9. The van der Waals surface area contributed by atoms with Crippen LogP contribution in [0.25, 0.3) is 0 Å². The molecule has 0 fully saturated rings. The van der Waals surface area contributed by atoms with Crippen LogP contribution in [0.1, 0.15) is 41.6 Å². The van der Waals surface area contributed by atoms with Crippen molar-refractivity contribution in [2.75, 3.05) is 5.32 Å². The van der Waals surface area contributed by atoms with E-state index in [1.807, 2.05) is 0 Å². The summed E-state index contributed by atoms with van der Waals surface area (Å²) in [6.45, 7) is 1.76. The molecule has 0 aliphatic heterocycles. The van der Waals surface area contributed by atoms with Gasteiger partial charge in [-0.25, -0.2) is 4.79 Å². The summed E-state index contributed by atoms with van der Waals surface area (Å²) < 4.78 is 0. The lowest BCUT2D eigenvalue weighted by Crippen LogP contribution is -2.15. The third kappa shape index (κ3) is 4.47. The molecule has 4 heteroatoms. The van der Waals surface area contributed by atoms with Crippen molar-refractivity contribution in [2.45, 2.75) is 32.6 Å². The first-order valence-electron chi connectivity index (χ1n) is 6.12. The van der Waals surface area contributed by atoms with Crippen LogP contribution >= 0.6 is 0 Å².